The molecule has 0 radical (unpaired) electrons. The molecule has 0 N–H and O–H groups in total. The monoisotopic (exact) mass is 208 g/mol. The fourth-order valence-electron chi connectivity index (χ4n) is 0.629. The van der Waals surface area contributed by atoms with E-state index in [4.69, 9.17) is 3.87 Å². The Morgan fingerprint density at radius 3 is 2.17 bits per heavy atom. The summed E-state index contributed by atoms with van der Waals surface area (Å²) in [6, 6.07) is 0. The number of rotatable bonds is 4. The quantitative estimate of drug-likeness (QED) is 0.522. The Morgan fingerprint density at radius 2 is 1.83 bits per heavy atom. The lowest BCUT2D eigenvalue weighted by molar-refractivity contribution is 0.489. The van der Waals surface area contributed by atoms with Gasteiger partial charge in [-0.2, -0.15) is 0 Å². The van der Waals surface area contributed by atoms with E-state index < -0.39 is 18.4 Å². The van der Waals surface area contributed by atoms with E-state index >= 15 is 0 Å². The first-order valence-corrected chi connectivity index (χ1v) is 8.80. The lowest BCUT2D eigenvalue weighted by atomic mass is 10.6. The van der Waals surface area contributed by atoms with Crippen molar-refractivity contribution in [3.63, 3.8) is 0 Å². The Labute approximate surface area is 75.7 Å². The van der Waals surface area contributed by atoms with Crippen molar-refractivity contribution in [2.24, 2.45) is 0 Å². The molecule has 0 aliphatic rings. The molecule has 0 bridgehead atoms. The van der Waals surface area contributed by atoms with Crippen LogP contribution in [0.4, 0.5) is 0 Å². The van der Waals surface area contributed by atoms with Gasteiger partial charge in [-0.05, 0) is 26.6 Å². The number of hydrogen-bond donors (Lipinski definition) is 0. The van der Waals surface area contributed by atoms with Gasteiger partial charge in [-0.15, -0.1) is 0 Å². The molecule has 0 aromatic heterocycles. The highest BCUT2D eigenvalue weighted by Crippen LogP contribution is 2.08. The number of hydrogen-bond acceptors (Lipinski definition) is 3. The molecule has 12 heavy (non-hydrogen) atoms. The Balaban J connectivity index is 4.25. The molecule has 0 aliphatic heterocycles. The summed E-state index contributed by atoms with van der Waals surface area (Å²) in [6.07, 6.45) is 3.28. The molecule has 0 aliphatic carbocycles. The minimum Gasteiger partial charge on any atom is -0.315 e. The summed E-state index contributed by atoms with van der Waals surface area (Å²) in [4.78, 5) is 0. The summed E-state index contributed by atoms with van der Waals surface area (Å²) in [5, 5.41) is 0. The molecule has 0 aromatic rings. The Morgan fingerprint density at radius 1 is 1.33 bits per heavy atom. The van der Waals surface area contributed by atoms with Gasteiger partial charge >= 0.3 is 0 Å². The van der Waals surface area contributed by atoms with Crippen LogP contribution in [0.5, 0.6) is 0 Å². The first-order valence-electron chi connectivity index (χ1n) is 3.81. The Hall–Kier alpha value is -0.133. The average Bonchev–Trinajstić information content (AvgIpc) is 1.78. The Kier molecular flexibility index (Phi) is 4.16. The van der Waals surface area contributed by atoms with Crippen molar-refractivity contribution >= 4 is 18.4 Å². The van der Waals surface area contributed by atoms with Crippen LogP contribution in [-0.4, -0.2) is 22.5 Å². The predicted octanol–water partition coefficient (Wildman–Crippen LogP) is 1.74. The minimum atomic E-state index is -3.33. The summed E-state index contributed by atoms with van der Waals surface area (Å²) in [7, 11) is -5.29. The van der Waals surface area contributed by atoms with Crippen LogP contribution in [0.3, 0.4) is 0 Å². The van der Waals surface area contributed by atoms with Crippen LogP contribution in [0.2, 0.25) is 19.6 Å². The van der Waals surface area contributed by atoms with E-state index in [0.717, 1.165) is 0 Å². The van der Waals surface area contributed by atoms with Gasteiger partial charge in [0.05, 0.1) is 5.75 Å². The van der Waals surface area contributed by atoms with Crippen molar-refractivity contribution in [3.05, 3.63) is 12.2 Å². The predicted molar refractivity (Wildman–Crippen MR) is 53.0 cm³/mol. The lowest BCUT2D eigenvalue weighted by Crippen LogP contribution is -2.30. The van der Waals surface area contributed by atoms with Crippen LogP contribution >= 0.6 is 0 Å². The zero-order chi connectivity index (χ0) is 9.83. The zero-order valence-electron chi connectivity index (χ0n) is 7.99. The highest BCUT2D eigenvalue weighted by molar-refractivity contribution is 7.87. The Bertz CT molecular complexity index is 248. The average molecular weight is 208 g/mol. The normalized spacial score (nSPS) is 14.0. The van der Waals surface area contributed by atoms with Gasteiger partial charge in [-0.25, -0.2) is 8.42 Å². The molecule has 3 nitrogen and oxygen atoms in total. The smallest absolute Gasteiger partial charge is 0.261 e. The SMILES string of the molecule is CC=CCS(=O)(=O)O[Si](C)(C)C. The molecule has 0 amide bonds. The van der Waals surface area contributed by atoms with Crippen LogP contribution in [-0.2, 0) is 14.0 Å². The largest absolute Gasteiger partial charge is 0.315 e. The van der Waals surface area contributed by atoms with Gasteiger partial charge < -0.3 is 3.87 Å². The van der Waals surface area contributed by atoms with E-state index in [-0.39, 0.29) is 5.75 Å². The van der Waals surface area contributed by atoms with Gasteiger partial charge in [0.1, 0.15) is 0 Å². The molecule has 0 atom stereocenters. The molecular weight excluding hydrogens is 192 g/mol. The van der Waals surface area contributed by atoms with Crippen molar-refractivity contribution in [2.45, 2.75) is 26.6 Å². The third-order valence-corrected chi connectivity index (χ3v) is 4.53. The van der Waals surface area contributed by atoms with E-state index in [1.165, 1.54) is 0 Å². The van der Waals surface area contributed by atoms with Gasteiger partial charge in [-0.3, -0.25) is 0 Å². The van der Waals surface area contributed by atoms with Crippen molar-refractivity contribution in [1.29, 1.82) is 0 Å². The molecular formula is C7H16O3SSi. The molecule has 0 spiro atoms. The topological polar surface area (TPSA) is 43.4 Å². The minimum absolute atomic E-state index is 0.0201. The second kappa shape index (κ2) is 4.20. The molecule has 0 saturated carbocycles. The van der Waals surface area contributed by atoms with E-state index in [1.54, 1.807) is 19.1 Å². The van der Waals surface area contributed by atoms with Crippen LogP contribution < -0.4 is 0 Å². The van der Waals surface area contributed by atoms with Crippen molar-refractivity contribution in [1.82, 2.24) is 0 Å². The molecule has 0 fully saturated rings. The molecule has 0 rings (SSSR count). The summed E-state index contributed by atoms with van der Waals surface area (Å²) in [6.45, 7) is 7.32. The first-order chi connectivity index (χ1) is 5.27. The van der Waals surface area contributed by atoms with Crippen molar-refractivity contribution < 1.29 is 12.3 Å². The van der Waals surface area contributed by atoms with Crippen LogP contribution in [0, 0.1) is 0 Å². The maximum atomic E-state index is 11.2. The van der Waals surface area contributed by atoms with Gasteiger partial charge in [0.15, 0.2) is 0 Å². The van der Waals surface area contributed by atoms with Gasteiger partial charge in [0.25, 0.3) is 10.1 Å². The molecule has 0 saturated heterocycles. The van der Waals surface area contributed by atoms with Crippen LogP contribution in [0.25, 0.3) is 0 Å². The summed E-state index contributed by atoms with van der Waals surface area (Å²) in [5.74, 6) is -0.0201. The summed E-state index contributed by atoms with van der Waals surface area (Å²) < 4.78 is 27.3. The molecule has 0 unspecified atom stereocenters. The van der Waals surface area contributed by atoms with Gasteiger partial charge in [0, 0.05) is 0 Å². The summed E-state index contributed by atoms with van der Waals surface area (Å²) in [5.41, 5.74) is 0. The van der Waals surface area contributed by atoms with E-state index in [0.29, 0.717) is 0 Å². The van der Waals surface area contributed by atoms with E-state index in [9.17, 15) is 8.42 Å². The second-order valence-electron chi connectivity index (χ2n) is 3.49. The highest BCUT2D eigenvalue weighted by Gasteiger charge is 2.22. The number of allylic oxidation sites excluding steroid dienone is 1. The fourth-order valence-corrected chi connectivity index (χ4v) is 4.38. The zero-order valence-corrected chi connectivity index (χ0v) is 9.81. The van der Waals surface area contributed by atoms with Gasteiger partial charge in [0.2, 0.25) is 8.32 Å². The van der Waals surface area contributed by atoms with Crippen LogP contribution in [0.1, 0.15) is 6.92 Å². The molecule has 5 heteroatoms. The maximum Gasteiger partial charge on any atom is 0.261 e. The standard InChI is InChI=1S/C7H16O3SSi/c1-5-6-7-11(8,9)10-12(2,3)4/h5-6H,7H2,1-4H3. The molecule has 0 heterocycles. The highest BCUT2D eigenvalue weighted by atomic mass is 32.2. The third-order valence-electron chi connectivity index (χ3n) is 0.913. The summed E-state index contributed by atoms with van der Waals surface area (Å²) >= 11 is 0. The van der Waals surface area contributed by atoms with Gasteiger partial charge in [-0.1, -0.05) is 12.2 Å². The van der Waals surface area contributed by atoms with Crippen molar-refractivity contribution in [2.75, 3.05) is 5.75 Å². The second-order valence-corrected chi connectivity index (χ2v) is 9.83. The molecule has 72 valence electrons. The fraction of sp³-hybridized carbons (Fsp3) is 0.714. The lowest BCUT2D eigenvalue weighted by Gasteiger charge is -2.15. The van der Waals surface area contributed by atoms with E-state index in [2.05, 4.69) is 0 Å². The van der Waals surface area contributed by atoms with Crippen molar-refractivity contribution in [3.8, 4) is 0 Å². The maximum absolute atomic E-state index is 11.2. The van der Waals surface area contributed by atoms with E-state index in [1.807, 2.05) is 19.6 Å². The van der Waals surface area contributed by atoms with Crippen LogP contribution in [0.15, 0.2) is 12.2 Å². The first kappa shape index (κ1) is 11.9. The molecule has 0 aromatic carbocycles. The third kappa shape index (κ3) is 6.57.